The number of hydrogen-bond donors (Lipinski definition) is 2. The number of aryl methyl sites for hydroxylation is 1. The van der Waals surface area contributed by atoms with Crippen LogP contribution in [0.3, 0.4) is 0 Å². The second kappa shape index (κ2) is 8.51. The molecule has 0 saturated heterocycles. The highest BCUT2D eigenvalue weighted by Crippen LogP contribution is 2.05. The van der Waals surface area contributed by atoms with E-state index in [1.165, 1.54) is 6.07 Å². The highest BCUT2D eigenvalue weighted by atomic mass is 19.1. The normalized spacial score (nSPS) is 11.7. The van der Waals surface area contributed by atoms with E-state index in [9.17, 15) is 4.39 Å². The Kier molecular flexibility index (Phi) is 6.93. The molecule has 0 amide bonds. The highest BCUT2D eigenvalue weighted by Gasteiger charge is 1.99. The van der Waals surface area contributed by atoms with Gasteiger partial charge in [0.2, 0.25) is 0 Å². The molecule has 0 bridgehead atoms. The summed E-state index contributed by atoms with van der Waals surface area (Å²) in [5.41, 5.74) is 1.03. The van der Waals surface area contributed by atoms with E-state index >= 15 is 0 Å². The molecule has 19 heavy (non-hydrogen) atoms. The molecule has 0 heterocycles. The van der Waals surface area contributed by atoms with Crippen LogP contribution in [0, 0.1) is 11.7 Å². The van der Waals surface area contributed by atoms with E-state index in [2.05, 4.69) is 29.5 Å². The molecule has 0 aliphatic carbocycles. The van der Waals surface area contributed by atoms with Crippen molar-refractivity contribution in [1.82, 2.24) is 10.6 Å². The van der Waals surface area contributed by atoms with Gasteiger partial charge in [-0.3, -0.25) is 4.99 Å². The van der Waals surface area contributed by atoms with Crippen molar-refractivity contribution in [2.45, 2.75) is 26.7 Å². The molecular formula is C15H24FN3. The van der Waals surface area contributed by atoms with E-state index in [-0.39, 0.29) is 5.82 Å². The summed E-state index contributed by atoms with van der Waals surface area (Å²) in [6.07, 6.45) is 1.82. The fourth-order valence-electron chi connectivity index (χ4n) is 1.71. The zero-order chi connectivity index (χ0) is 14.1. The van der Waals surface area contributed by atoms with Crippen LogP contribution in [0.5, 0.6) is 0 Å². The van der Waals surface area contributed by atoms with E-state index in [1.54, 1.807) is 19.2 Å². The fourth-order valence-corrected chi connectivity index (χ4v) is 1.71. The number of benzene rings is 1. The molecule has 2 N–H and O–H groups in total. The lowest BCUT2D eigenvalue weighted by Gasteiger charge is -2.13. The van der Waals surface area contributed by atoms with Gasteiger partial charge >= 0.3 is 0 Å². The van der Waals surface area contributed by atoms with Gasteiger partial charge in [0, 0.05) is 20.1 Å². The molecule has 0 aliphatic rings. The second-order valence-electron chi connectivity index (χ2n) is 5.01. The Morgan fingerprint density at radius 2 is 2.11 bits per heavy atom. The lowest BCUT2D eigenvalue weighted by Crippen LogP contribution is -2.39. The van der Waals surface area contributed by atoms with Crippen LogP contribution in [-0.2, 0) is 6.42 Å². The van der Waals surface area contributed by atoms with Gasteiger partial charge < -0.3 is 10.6 Å². The Balaban J connectivity index is 2.22. The highest BCUT2D eigenvalue weighted by molar-refractivity contribution is 5.79. The second-order valence-corrected chi connectivity index (χ2v) is 5.01. The Labute approximate surface area is 115 Å². The van der Waals surface area contributed by atoms with Crippen molar-refractivity contribution in [2.24, 2.45) is 10.9 Å². The van der Waals surface area contributed by atoms with Crippen LogP contribution < -0.4 is 10.6 Å². The Morgan fingerprint density at radius 1 is 1.32 bits per heavy atom. The zero-order valence-corrected chi connectivity index (χ0v) is 12.0. The van der Waals surface area contributed by atoms with Crippen molar-refractivity contribution in [3.63, 3.8) is 0 Å². The molecule has 0 aliphatic heterocycles. The average Bonchev–Trinajstić information content (AvgIpc) is 2.38. The van der Waals surface area contributed by atoms with Crippen molar-refractivity contribution in [1.29, 1.82) is 0 Å². The maximum absolute atomic E-state index is 13.0. The van der Waals surface area contributed by atoms with Crippen molar-refractivity contribution in [2.75, 3.05) is 20.1 Å². The first-order chi connectivity index (χ1) is 9.11. The number of rotatable bonds is 6. The first kappa shape index (κ1) is 15.5. The summed E-state index contributed by atoms with van der Waals surface area (Å²) in [6.45, 7) is 6.05. The largest absolute Gasteiger partial charge is 0.356 e. The van der Waals surface area contributed by atoms with Crippen LogP contribution in [0.15, 0.2) is 29.3 Å². The van der Waals surface area contributed by atoms with E-state index < -0.39 is 0 Å². The lowest BCUT2D eigenvalue weighted by atomic mass is 10.1. The van der Waals surface area contributed by atoms with Gasteiger partial charge in [-0.2, -0.15) is 0 Å². The van der Waals surface area contributed by atoms with Gasteiger partial charge in [0.15, 0.2) is 5.96 Å². The smallest absolute Gasteiger partial charge is 0.190 e. The first-order valence-corrected chi connectivity index (χ1v) is 6.80. The van der Waals surface area contributed by atoms with Crippen molar-refractivity contribution < 1.29 is 4.39 Å². The summed E-state index contributed by atoms with van der Waals surface area (Å²) in [4.78, 5) is 4.15. The summed E-state index contributed by atoms with van der Waals surface area (Å²) in [5, 5.41) is 6.51. The van der Waals surface area contributed by atoms with E-state index in [0.29, 0.717) is 5.92 Å². The van der Waals surface area contributed by atoms with Gasteiger partial charge in [-0.05, 0) is 36.5 Å². The van der Waals surface area contributed by atoms with Gasteiger partial charge in [0.25, 0.3) is 0 Å². The summed E-state index contributed by atoms with van der Waals surface area (Å²) in [6, 6.07) is 6.77. The third-order valence-corrected chi connectivity index (χ3v) is 2.73. The number of halogens is 1. The van der Waals surface area contributed by atoms with Gasteiger partial charge in [0.1, 0.15) is 5.82 Å². The molecule has 0 fully saturated rings. The van der Waals surface area contributed by atoms with E-state index in [0.717, 1.165) is 37.5 Å². The lowest BCUT2D eigenvalue weighted by molar-refractivity contribution is 0.612. The minimum Gasteiger partial charge on any atom is -0.356 e. The zero-order valence-electron chi connectivity index (χ0n) is 12.0. The predicted molar refractivity (Wildman–Crippen MR) is 78.9 cm³/mol. The number of aliphatic imine (C=N–C) groups is 1. The molecule has 1 aromatic rings. The molecule has 1 aromatic carbocycles. The van der Waals surface area contributed by atoms with Crippen molar-refractivity contribution >= 4 is 5.96 Å². The average molecular weight is 265 g/mol. The monoisotopic (exact) mass is 265 g/mol. The van der Waals surface area contributed by atoms with Crippen LogP contribution >= 0.6 is 0 Å². The van der Waals surface area contributed by atoms with Gasteiger partial charge in [-0.1, -0.05) is 26.0 Å². The number of hydrogen-bond acceptors (Lipinski definition) is 1. The Bertz CT molecular complexity index is 402. The summed E-state index contributed by atoms with van der Waals surface area (Å²) in [7, 11) is 1.77. The van der Waals surface area contributed by atoms with Gasteiger partial charge in [-0.15, -0.1) is 0 Å². The molecule has 0 atom stereocenters. The predicted octanol–water partition coefficient (Wildman–Crippen LogP) is 2.58. The number of nitrogens with one attached hydrogen (secondary N) is 2. The van der Waals surface area contributed by atoms with E-state index in [1.807, 2.05) is 6.07 Å². The minimum atomic E-state index is -0.167. The topological polar surface area (TPSA) is 36.4 Å². The standard InChI is InChI=1S/C15H24FN3/c1-12(2)11-19-15(17-3)18-9-5-7-13-6-4-8-14(16)10-13/h4,6,8,10,12H,5,7,9,11H2,1-3H3,(H2,17,18,19). The van der Waals surface area contributed by atoms with Crippen LogP contribution in [0.2, 0.25) is 0 Å². The van der Waals surface area contributed by atoms with Crippen molar-refractivity contribution in [3.8, 4) is 0 Å². The Morgan fingerprint density at radius 3 is 2.74 bits per heavy atom. The summed E-state index contributed by atoms with van der Waals surface area (Å²) in [5.74, 6) is 1.25. The molecule has 4 heteroatoms. The third-order valence-electron chi connectivity index (χ3n) is 2.73. The Hall–Kier alpha value is -1.58. The summed E-state index contributed by atoms with van der Waals surface area (Å²) >= 11 is 0. The van der Waals surface area contributed by atoms with Crippen LogP contribution in [-0.4, -0.2) is 26.1 Å². The molecule has 1 rings (SSSR count). The van der Waals surface area contributed by atoms with Crippen LogP contribution in [0.25, 0.3) is 0 Å². The fraction of sp³-hybridized carbons (Fsp3) is 0.533. The van der Waals surface area contributed by atoms with Gasteiger partial charge in [-0.25, -0.2) is 4.39 Å². The van der Waals surface area contributed by atoms with Crippen LogP contribution in [0.4, 0.5) is 4.39 Å². The number of guanidine groups is 1. The van der Waals surface area contributed by atoms with Crippen LogP contribution in [0.1, 0.15) is 25.8 Å². The molecular weight excluding hydrogens is 241 g/mol. The maximum atomic E-state index is 13.0. The summed E-state index contributed by atoms with van der Waals surface area (Å²) < 4.78 is 13.0. The molecule has 0 spiro atoms. The van der Waals surface area contributed by atoms with Gasteiger partial charge in [0.05, 0.1) is 0 Å². The SMILES string of the molecule is CN=C(NCCCc1cccc(F)c1)NCC(C)C. The number of nitrogens with zero attached hydrogens (tertiary/aromatic N) is 1. The molecule has 0 unspecified atom stereocenters. The minimum absolute atomic E-state index is 0.167. The quantitative estimate of drug-likeness (QED) is 0.471. The molecule has 0 saturated carbocycles. The maximum Gasteiger partial charge on any atom is 0.190 e. The van der Waals surface area contributed by atoms with E-state index in [4.69, 9.17) is 0 Å². The third kappa shape index (κ3) is 6.79. The molecule has 106 valence electrons. The molecule has 0 aromatic heterocycles. The van der Waals surface area contributed by atoms with Crippen molar-refractivity contribution in [3.05, 3.63) is 35.6 Å². The molecule has 0 radical (unpaired) electrons. The first-order valence-electron chi connectivity index (χ1n) is 6.80. The molecule has 3 nitrogen and oxygen atoms in total.